The third-order valence-electron chi connectivity index (χ3n) is 9.27. The van der Waals surface area contributed by atoms with Gasteiger partial charge in [0.25, 0.3) is 0 Å². The second kappa shape index (κ2) is 10.9. The Bertz CT molecular complexity index is 1000. The summed E-state index contributed by atoms with van der Waals surface area (Å²) in [5.74, 6) is 1.71. The molecule has 3 aliphatic rings. The lowest BCUT2D eigenvalue weighted by Gasteiger charge is -2.44. The Morgan fingerprint density at radius 1 is 1.22 bits per heavy atom. The summed E-state index contributed by atoms with van der Waals surface area (Å²) in [5, 5.41) is 30.6. The minimum Gasteiger partial charge on any atom is -0.393 e. The van der Waals surface area contributed by atoms with Gasteiger partial charge in [0.15, 0.2) is 0 Å². The number of ether oxygens (including phenoxy) is 1. The highest BCUT2D eigenvalue weighted by Gasteiger charge is 2.50. The van der Waals surface area contributed by atoms with E-state index in [0.717, 1.165) is 35.3 Å². The molecule has 0 unspecified atom stereocenters. The molecule has 1 aromatic rings. The van der Waals surface area contributed by atoms with Gasteiger partial charge in [0, 0.05) is 13.0 Å². The molecule has 4 rings (SSSR count). The molecule has 0 spiro atoms. The van der Waals surface area contributed by atoms with E-state index in [-0.39, 0.29) is 5.41 Å². The van der Waals surface area contributed by atoms with Crippen molar-refractivity contribution < 1.29 is 20.1 Å². The number of aliphatic hydroxyl groups is 3. The summed E-state index contributed by atoms with van der Waals surface area (Å²) in [4.78, 5) is 0. The summed E-state index contributed by atoms with van der Waals surface area (Å²) in [6, 6.07) is 8.07. The standard InChI is InChI=1S/C32H46O4/c1-21(19-36-20-23-8-6-10-26(16-23)31(3,4)35)28-13-14-29-24(9-7-15-32(28,29)5)11-12-25-17-27(33)18-30(34)22(25)2/h6,8,10-12,16,21,27-30,33-35H,2,7,9,13-15,17-20H2,1,3-5H3/t21-,27-,28-,29+,30+,32-/m1/s1. The fourth-order valence-corrected chi connectivity index (χ4v) is 7.20. The first-order valence-electron chi connectivity index (χ1n) is 13.8. The molecule has 1 aromatic carbocycles. The summed E-state index contributed by atoms with van der Waals surface area (Å²) in [6.07, 6.45) is 10.3. The third kappa shape index (κ3) is 5.88. The van der Waals surface area contributed by atoms with Gasteiger partial charge in [-0.15, -0.1) is 0 Å². The van der Waals surface area contributed by atoms with E-state index < -0.39 is 17.8 Å². The molecule has 198 valence electrons. The minimum absolute atomic E-state index is 0.287. The number of aliphatic hydroxyl groups excluding tert-OH is 2. The Morgan fingerprint density at radius 2 is 2.00 bits per heavy atom. The highest BCUT2D eigenvalue weighted by Crippen LogP contribution is 2.59. The number of benzene rings is 1. The topological polar surface area (TPSA) is 69.9 Å². The zero-order valence-electron chi connectivity index (χ0n) is 22.7. The van der Waals surface area contributed by atoms with E-state index in [2.05, 4.69) is 38.6 Å². The molecule has 0 aliphatic heterocycles. The fraction of sp³-hybridized carbons (Fsp3) is 0.625. The van der Waals surface area contributed by atoms with E-state index in [9.17, 15) is 15.3 Å². The van der Waals surface area contributed by atoms with Crippen molar-refractivity contribution in [3.63, 3.8) is 0 Å². The molecular formula is C32H46O4. The smallest absolute Gasteiger partial charge is 0.0840 e. The Labute approximate surface area is 217 Å². The van der Waals surface area contributed by atoms with E-state index >= 15 is 0 Å². The molecule has 3 fully saturated rings. The van der Waals surface area contributed by atoms with Crippen LogP contribution in [0.1, 0.15) is 83.8 Å². The lowest BCUT2D eigenvalue weighted by Crippen LogP contribution is -2.37. The van der Waals surface area contributed by atoms with Gasteiger partial charge in [-0.2, -0.15) is 0 Å². The highest BCUT2D eigenvalue weighted by molar-refractivity contribution is 5.38. The maximum atomic E-state index is 10.3. The molecule has 3 saturated carbocycles. The first-order valence-corrected chi connectivity index (χ1v) is 13.8. The van der Waals surface area contributed by atoms with Crippen molar-refractivity contribution in [3.05, 3.63) is 70.8 Å². The van der Waals surface area contributed by atoms with Crippen LogP contribution in [0.4, 0.5) is 0 Å². The second-order valence-corrected chi connectivity index (χ2v) is 12.4. The van der Waals surface area contributed by atoms with Crippen molar-refractivity contribution in [1.29, 1.82) is 0 Å². The SMILES string of the molecule is C=C1C(=CC=C2CCC[C@]3(C)[C@@H]([C@H](C)COCc4cccc(C(C)(C)O)c4)CC[C@@H]23)C[C@@H](O)C[C@@H]1O. The van der Waals surface area contributed by atoms with Crippen LogP contribution in [0, 0.1) is 23.2 Å². The van der Waals surface area contributed by atoms with Gasteiger partial charge < -0.3 is 20.1 Å². The van der Waals surface area contributed by atoms with Crippen LogP contribution >= 0.6 is 0 Å². The summed E-state index contributed by atoms with van der Waals surface area (Å²) in [5.41, 5.74) is 4.74. The van der Waals surface area contributed by atoms with Crippen LogP contribution in [-0.2, 0) is 16.9 Å². The van der Waals surface area contributed by atoms with Crippen molar-refractivity contribution >= 4 is 0 Å². The molecule has 0 radical (unpaired) electrons. The summed E-state index contributed by atoms with van der Waals surface area (Å²) in [7, 11) is 0. The fourth-order valence-electron chi connectivity index (χ4n) is 7.20. The number of hydrogen-bond acceptors (Lipinski definition) is 4. The van der Waals surface area contributed by atoms with Gasteiger partial charge in [-0.25, -0.2) is 0 Å². The monoisotopic (exact) mass is 494 g/mol. The molecule has 36 heavy (non-hydrogen) atoms. The van der Waals surface area contributed by atoms with Gasteiger partial charge in [-0.1, -0.05) is 62.4 Å². The molecule has 0 amide bonds. The predicted octanol–water partition coefficient (Wildman–Crippen LogP) is 6.21. The van der Waals surface area contributed by atoms with Gasteiger partial charge >= 0.3 is 0 Å². The van der Waals surface area contributed by atoms with Crippen LogP contribution in [0.15, 0.2) is 59.7 Å². The number of rotatable bonds is 7. The van der Waals surface area contributed by atoms with Crippen LogP contribution in [0.3, 0.4) is 0 Å². The molecule has 6 atom stereocenters. The van der Waals surface area contributed by atoms with Gasteiger partial charge in [0.2, 0.25) is 0 Å². The molecule has 4 heteroatoms. The van der Waals surface area contributed by atoms with Crippen LogP contribution < -0.4 is 0 Å². The Morgan fingerprint density at radius 3 is 2.75 bits per heavy atom. The van der Waals surface area contributed by atoms with Crippen LogP contribution in [0.25, 0.3) is 0 Å². The summed E-state index contributed by atoms with van der Waals surface area (Å²) < 4.78 is 6.21. The van der Waals surface area contributed by atoms with Gasteiger partial charge in [0.1, 0.15) is 0 Å². The Balaban J connectivity index is 1.39. The molecular weight excluding hydrogens is 448 g/mol. The van der Waals surface area contributed by atoms with Crippen LogP contribution in [0.2, 0.25) is 0 Å². The number of allylic oxidation sites excluding steroid dienone is 3. The largest absolute Gasteiger partial charge is 0.393 e. The molecule has 0 bridgehead atoms. The Hall–Kier alpha value is -1.72. The van der Waals surface area contributed by atoms with Gasteiger partial charge in [-0.05, 0) is 97.8 Å². The average Bonchev–Trinajstić information content (AvgIpc) is 3.17. The van der Waals surface area contributed by atoms with Crippen molar-refractivity contribution in [2.75, 3.05) is 6.61 Å². The molecule has 0 saturated heterocycles. The highest BCUT2D eigenvalue weighted by atomic mass is 16.5. The minimum atomic E-state index is -0.845. The van der Waals surface area contributed by atoms with Gasteiger partial charge in [0.05, 0.1) is 24.4 Å². The molecule has 0 aromatic heterocycles. The van der Waals surface area contributed by atoms with E-state index in [1.807, 2.05) is 32.0 Å². The quantitative estimate of drug-likeness (QED) is 0.422. The third-order valence-corrected chi connectivity index (χ3v) is 9.27. The van der Waals surface area contributed by atoms with Crippen molar-refractivity contribution in [3.8, 4) is 0 Å². The zero-order valence-corrected chi connectivity index (χ0v) is 22.7. The van der Waals surface area contributed by atoms with Crippen molar-refractivity contribution in [1.82, 2.24) is 0 Å². The summed E-state index contributed by atoms with van der Waals surface area (Å²) >= 11 is 0. The van der Waals surface area contributed by atoms with E-state index in [0.29, 0.717) is 37.2 Å². The molecule has 0 heterocycles. The maximum Gasteiger partial charge on any atom is 0.0840 e. The van der Waals surface area contributed by atoms with Crippen molar-refractivity contribution in [2.45, 2.75) is 97.1 Å². The van der Waals surface area contributed by atoms with E-state index in [1.165, 1.54) is 31.3 Å². The second-order valence-electron chi connectivity index (χ2n) is 12.4. The lowest BCUT2D eigenvalue weighted by atomic mass is 9.61. The van der Waals surface area contributed by atoms with E-state index in [4.69, 9.17) is 4.74 Å². The zero-order chi connectivity index (χ0) is 26.1. The normalized spacial score (nSPS) is 34.2. The molecule has 3 N–H and O–H groups in total. The number of fused-ring (bicyclic) bond motifs is 1. The average molecular weight is 495 g/mol. The maximum absolute atomic E-state index is 10.3. The molecule has 3 aliphatic carbocycles. The molecule has 4 nitrogen and oxygen atoms in total. The van der Waals surface area contributed by atoms with Crippen molar-refractivity contribution in [2.24, 2.45) is 23.2 Å². The lowest BCUT2D eigenvalue weighted by molar-refractivity contribution is 0.0275. The summed E-state index contributed by atoms with van der Waals surface area (Å²) in [6.45, 7) is 13.9. The number of hydrogen-bond donors (Lipinski definition) is 3. The Kier molecular flexibility index (Phi) is 8.31. The first-order chi connectivity index (χ1) is 17.0. The van der Waals surface area contributed by atoms with Crippen LogP contribution in [0.5, 0.6) is 0 Å². The van der Waals surface area contributed by atoms with Gasteiger partial charge in [-0.3, -0.25) is 0 Å². The van der Waals surface area contributed by atoms with Crippen LogP contribution in [-0.4, -0.2) is 34.1 Å². The first kappa shape index (κ1) is 27.3. The predicted molar refractivity (Wildman–Crippen MR) is 145 cm³/mol. The van der Waals surface area contributed by atoms with E-state index in [1.54, 1.807) is 0 Å².